The number of nitrogens with one attached hydrogen (secondary N) is 2. The lowest BCUT2D eigenvalue weighted by atomic mass is 9.87. The van der Waals surface area contributed by atoms with Crippen molar-refractivity contribution in [1.82, 2.24) is 9.78 Å². The summed E-state index contributed by atoms with van der Waals surface area (Å²) in [6, 6.07) is 0.527. The van der Waals surface area contributed by atoms with E-state index in [1.54, 1.807) is 0 Å². The summed E-state index contributed by atoms with van der Waals surface area (Å²) in [7, 11) is 2.02. The predicted molar refractivity (Wildman–Crippen MR) is 77.2 cm³/mol. The zero-order valence-corrected chi connectivity index (χ0v) is 12.3. The second-order valence-corrected chi connectivity index (χ2v) is 6.47. The van der Waals surface area contributed by atoms with Crippen molar-refractivity contribution in [3.8, 4) is 0 Å². The Morgan fingerprint density at radius 2 is 2.11 bits per heavy atom. The molecule has 2 N–H and O–H groups in total. The van der Waals surface area contributed by atoms with Crippen LogP contribution in [0.25, 0.3) is 0 Å². The number of rotatable bonds is 2. The van der Waals surface area contributed by atoms with E-state index >= 15 is 0 Å². The Morgan fingerprint density at radius 3 is 2.72 bits per heavy atom. The van der Waals surface area contributed by atoms with E-state index in [-0.39, 0.29) is 0 Å². The van der Waals surface area contributed by atoms with Gasteiger partial charge in [-0.25, -0.2) is 0 Å². The van der Waals surface area contributed by atoms with Gasteiger partial charge in [-0.15, -0.1) is 0 Å². The second-order valence-electron chi connectivity index (χ2n) is 6.47. The molecule has 2 rings (SSSR count). The molecule has 2 heterocycles. The molecule has 0 spiro atoms. The molecule has 18 heavy (non-hydrogen) atoms. The highest BCUT2D eigenvalue weighted by atomic mass is 15.3. The Balaban J connectivity index is 2.21. The third-order valence-corrected chi connectivity index (χ3v) is 3.45. The maximum Gasteiger partial charge on any atom is 0.148 e. The molecule has 1 aliphatic heterocycles. The molecule has 4 heteroatoms. The van der Waals surface area contributed by atoms with Gasteiger partial charge in [0.15, 0.2) is 0 Å². The number of aryl methyl sites for hydroxylation is 2. The van der Waals surface area contributed by atoms with E-state index in [1.807, 2.05) is 11.7 Å². The molecule has 0 amide bonds. The molecule has 0 saturated heterocycles. The third kappa shape index (κ3) is 2.79. The van der Waals surface area contributed by atoms with Crippen molar-refractivity contribution in [3.63, 3.8) is 0 Å². The molecule has 1 unspecified atom stereocenters. The van der Waals surface area contributed by atoms with Crippen LogP contribution in [0.2, 0.25) is 0 Å². The quantitative estimate of drug-likeness (QED) is 0.848. The molecule has 102 valence electrons. The molecule has 1 aliphatic rings. The van der Waals surface area contributed by atoms with Crippen LogP contribution in [0.15, 0.2) is 0 Å². The molecule has 0 aromatic carbocycles. The van der Waals surface area contributed by atoms with Crippen molar-refractivity contribution in [2.24, 2.45) is 12.5 Å². The minimum Gasteiger partial charge on any atom is -0.380 e. The first-order valence-corrected chi connectivity index (χ1v) is 6.97. The van der Waals surface area contributed by atoms with E-state index in [0.717, 1.165) is 30.9 Å². The number of aromatic nitrogens is 2. The average Bonchev–Trinajstić information content (AvgIpc) is 2.46. The predicted octanol–water partition coefficient (Wildman–Crippen LogP) is 3.01. The minimum atomic E-state index is 0.356. The fraction of sp³-hybridized carbons (Fsp3) is 0.786. The number of nitrogens with zero attached hydrogens (tertiary/aromatic N) is 2. The summed E-state index contributed by atoms with van der Waals surface area (Å²) in [4.78, 5) is 0. The first kappa shape index (κ1) is 13.2. The lowest BCUT2D eigenvalue weighted by Gasteiger charge is -2.26. The van der Waals surface area contributed by atoms with E-state index < -0.39 is 0 Å². The Morgan fingerprint density at radius 1 is 1.39 bits per heavy atom. The SMILES string of the molecule is CCc1nn(C)c2c1NCCC(CC(C)(C)C)N2. The summed E-state index contributed by atoms with van der Waals surface area (Å²) in [6.07, 6.45) is 3.32. The molecule has 0 saturated carbocycles. The van der Waals surface area contributed by atoms with Crippen LogP contribution in [0.4, 0.5) is 11.5 Å². The third-order valence-electron chi connectivity index (χ3n) is 3.45. The summed E-state index contributed by atoms with van der Waals surface area (Å²) >= 11 is 0. The smallest absolute Gasteiger partial charge is 0.148 e. The largest absolute Gasteiger partial charge is 0.380 e. The van der Waals surface area contributed by atoms with E-state index in [1.165, 1.54) is 12.1 Å². The Hall–Kier alpha value is -1.19. The molecule has 1 atom stereocenters. The molecule has 1 aromatic rings. The Labute approximate surface area is 110 Å². The van der Waals surface area contributed by atoms with Gasteiger partial charge in [-0.05, 0) is 24.7 Å². The van der Waals surface area contributed by atoms with E-state index in [2.05, 4.69) is 43.4 Å². The Bertz CT molecular complexity index is 414. The van der Waals surface area contributed by atoms with Gasteiger partial charge in [0.25, 0.3) is 0 Å². The summed E-state index contributed by atoms with van der Waals surface area (Å²) in [5.41, 5.74) is 2.72. The maximum atomic E-state index is 4.57. The highest BCUT2D eigenvalue weighted by Crippen LogP contribution is 2.32. The molecule has 0 fully saturated rings. The van der Waals surface area contributed by atoms with Crippen LogP contribution in [-0.4, -0.2) is 22.4 Å². The van der Waals surface area contributed by atoms with Gasteiger partial charge in [0.2, 0.25) is 0 Å². The van der Waals surface area contributed by atoms with Gasteiger partial charge in [0.1, 0.15) is 11.5 Å². The summed E-state index contributed by atoms with van der Waals surface area (Å²) < 4.78 is 1.97. The van der Waals surface area contributed by atoms with Crippen LogP contribution in [0, 0.1) is 5.41 Å². The van der Waals surface area contributed by atoms with Crippen LogP contribution < -0.4 is 10.6 Å². The summed E-state index contributed by atoms with van der Waals surface area (Å²) in [5, 5.41) is 11.8. The molecule has 4 nitrogen and oxygen atoms in total. The number of anilines is 2. The van der Waals surface area contributed by atoms with Crippen molar-refractivity contribution < 1.29 is 0 Å². The number of fused-ring (bicyclic) bond motifs is 1. The normalized spacial score (nSPS) is 19.7. The van der Waals surface area contributed by atoms with Gasteiger partial charge in [0, 0.05) is 19.6 Å². The molecule has 0 aliphatic carbocycles. The monoisotopic (exact) mass is 250 g/mol. The van der Waals surface area contributed by atoms with Crippen molar-refractivity contribution in [2.45, 2.75) is 53.0 Å². The molecule has 1 aromatic heterocycles. The van der Waals surface area contributed by atoms with Crippen LogP contribution in [0.5, 0.6) is 0 Å². The topological polar surface area (TPSA) is 41.9 Å². The zero-order valence-electron chi connectivity index (χ0n) is 12.3. The second kappa shape index (κ2) is 4.82. The van der Waals surface area contributed by atoms with Crippen molar-refractivity contribution in [3.05, 3.63) is 5.69 Å². The summed E-state index contributed by atoms with van der Waals surface area (Å²) in [6.45, 7) is 10.1. The molecule has 0 bridgehead atoms. The first-order chi connectivity index (χ1) is 8.40. The molecular formula is C14H26N4. The van der Waals surface area contributed by atoms with E-state index in [0.29, 0.717) is 11.5 Å². The number of hydrogen-bond acceptors (Lipinski definition) is 3. The lowest BCUT2D eigenvalue weighted by Crippen LogP contribution is -2.27. The van der Waals surface area contributed by atoms with Gasteiger partial charge < -0.3 is 10.6 Å². The highest BCUT2D eigenvalue weighted by molar-refractivity contribution is 5.69. The standard InChI is InChI=1S/C14H26N4/c1-6-11-12-13(18(5)17-11)16-10(7-8-15-12)9-14(2,3)4/h10,15-16H,6-9H2,1-5H3. The minimum absolute atomic E-state index is 0.356. The zero-order chi connectivity index (χ0) is 13.3. The fourth-order valence-corrected chi connectivity index (χ4v) is 2.71. The van der Waals surface area contributed by atoms with Gasteiger partial charge in [-0.1, -0.05) is 27.7 Å². The van der Waals surface area contributed by atoms with Gasteiger partial charge >= 0.3 is 0 Å². The van der Waals surface area contributed by atoms with Crippen molar-refractivity contribution >= 4 is 11.5 Å². The van der Waals surface area contributed by atoms with Crippen molar-refractivity contribution in [1.29, 1.82) is 0 Å². The van der Waals surface area contributed by atoms with Gasteiger partial charge in [-0.2, -0.15) is 5.10 Å². The van der Waals surface area contributed by atoms with Crippen LogP contribution >= 0.6 is 0 Å². The van der Waals surface area contributed by atoms with Crippen molar-refractivity contribution in [2.75, 3.05) is 17.2 Å². The number of hydrogen-bond donors (Lipinski definition) is 2. The van der Waals surface area contributed by atoms with E-state index in [9.17, 15) is 0 Å². The lowest BCUT2D eigenvalue weighted by molar-refractivity contribution is 0.344. The first-order valence-electron chi connectivity index (χ1n) is 6.97. The fourth-order valence-electron chi connectivity index (χ4n) is 2.71. The molecular weight excluding hydrogens is 224 g/mol. The average molecular weight is 250 g/mol. The maximum absolute atomic E-state index is 4.57. The summed E-state index contributed by atoms with van der Waals surface area (Å²) in [5.74, 6) is 1.15. The highest BCUT2D eigenvalue weighted by Gasteiger charge is 2.25. The van der Waals surface area contributed by atoms with Gasteiger partial charge in [-0.3, -0.25) is 4.68 Å². The Kier molecular flexibility index (Phi) is 3.55. The van der Waals surface area contributed by atoms with E-state index in [4.69, 9.17) is 0 Å². The van der Waals surface area contributed by atoms with Crippen LogP contribution in [0.3, 0.4) is 0 Å². The van der Waals surface area contributed by atoms with Gasteiger partial charge in [0.05, 0.1) is 5.69 Å². The molecule has 0 radical (unpaired) electrons. The van der Waals surface area contributed by atoms with Crippen LogP contribution in [-0.2, 0) is 13.5 Å². The van der Waals surface area contributed by atoms with Crippen LogP contribution in [0.1, 0.15) is 46.2 Å².